The number of rotatable bonds is 5. The zero-order valence-electron chi connectivity index (χ0n) is 15.2. The lowest BCUT2D eigenvalue weighted by atomic mass is 9.88. The Labute approximate surface area is 148 Å². The van der Waals surface area contributed by atoms with Gasteiger partial charge in [-0.05, 0) is 49.2 Å². The first-order valence-electron chi connectivity index (χ1n) is 8.39. The number of ether oxygens (including phenoxy) is 3. The number of nitrogens with zero attached hydrogens (tertiary/aromatic N) is 1. The Morgan fingerprint density at radius 3 is 2.32 bits per heavy atom. The smallest absolute Gasteiger partial charge is 0.203 e. The molecule has 2 aromatic rings. The molecule has 0 unspecified atom stereocenters. The van der Waals surface area contributed by atoms with Crippen molar-refractivity contribution < 1.29 is 19.3 Å². The van der Waals surface area contributed by atoms with Crippen LogP contribution in [0.25, 0.3) is 0 Å². The first-order chi connectivity index (χ1) is 12.1. The van der Waals surface area contributed by atoms with E-state index in [1.54, 1.807) is 33.5 Å². The van der Waals surface area contributed by atoms with Gasteiger partial charge < -0.3 is 19.3 Å². The maximum Gasteiger partial charge on any atom is 0.203 e. The molecule has 2 aromatic carbocycles. The number of likely N-dealkylation sites (N-methyl/N-ethyl adjacent to an activating group) is 1. The van der Waals surface area contributed by atoms with Crippen LogP contribution < -0.4 is 14.2 Å². The second-order valence-corrected chi connectivity index (χ2v) is 6.33. The zero-order chi connectivity index (χ0) is 18.0. The molecule has 5 nitrogen and oxygen atoms in total. The maximum atomic E-state index is 9.51. The van der Waals surface area contributed by atoms with E-state index in [0.717, 1.165) is 25.1 Å². The van der Waals surface area contributed by atoms with Crippen LogP contribution in [-0.4, -0.2) is 44.9 Å². The van der Waals surface area contributed by atoms with E-state index in [4.69, 9.17) is 14.2 Å². The van der Waals surface area contributed by atoms with Crippen LogP contribution in [-0.2, 0) is 12.8 Å². The monoisotopic (exact) mass is 343 g/mol. The number of benzene rings is 2. The second-order valence-electron chi connectivity index (χ2n) is 6.33. The topological polar surface area (TPSA) is 51.2 Å². The first kappa shape index (κ1) is 17.4. The summed E-state index contributed by atoms with van der Waals surface area (Å²) in [6, 6.07) is 9.67. The zero-order valence-corrected chi connectivity index (χ0v) is 15.2. The molecular weight excluding hydrogens is 318 g/mol. The van der Waals surface area contributed by atoms with Crippen molar-refractivity contribution in [3.05, 3.63) is 47.0 Å². The molecule has 1 aliphatic heterocycles. The summed E-state index contributed by atoms with van der Waals surface area (Å²) in [6.07, 6.45) is 1.75. The Morgan fingerprint density at radius 2 is 1.72 bits per heavy atom. The van der Waals surface area contributed by atoms with E-state index in [1.165, 1.54) is 16.7 Å². The highest BCUT2D eigenvalue weighted by Gasteiger charge is 2.31. The van der Waals surface area contributed by atoms with Gasteiger partial charge in [-0.1, -0.05) is 12.1 Å². The summed E-state index contributed by atoms with van der Waals surface area (Å²) in [5.41, 5.74) is 3.56. The van der Waals surface area contributed by atoms with Crippen molar-refractivity contribution in [2.75, 3.05) is 34.9 Å². The van der Waals surface area contributed by atoms with E-state index in [-0.39, 0.29) is 11.8 Å². The van der Waals surface area contributed by atoms with Crippen LogP contribution in [0.15, 0.2) is 30.3 Å². The summed E-state index contributed by atoms with van der Waals surface area (Å²) >= 11 is 0. The Bertz CT molecular complexity index is 742. The van der Waals surface area contributed by atoms with E-state index >= 15 is 0 Å². The van der Waals surface area contributed by atoms with Crippen molar-refractivity contribution in [2.45, 2.75) is 18.9 Å². The van der Waals surface area contributed by atoms with E-state index < -0.39 is 0 Å². The standard InChI is InChI=1S/C20H25NO4/c1-21-10-9-15-16(12-18(23-2)20(25-4)19(15)24-3)17(21)11-13-5-7-14(22)8-6-13/h5-8,12,17,22H,9-11H2,1-4H3/t17-/m1/s1. The van der Waals surface area contributed by atoms with Gasteiger partial charge in [0.2, 0.25) is 5.75 Å². The molecule has 0 spiro atoms. The van der Waals surface area contributed by atoms with Crippen LogP contribution in [0.1, 0.15) is 22.7 Å². The summed E-state index contributed by atoms with van der Waals surface area (Å²) in [5.74, 6) is 2.38. The fraction of sp³-hybridized carbons (Fsp3) is 0.400. The van der Waals surface area contributed by atoms with Crippen LogP contribution in [0, 0.1) is 0 Å². The van der Waals surface area contributed by atoms with Gasteiger partial charge in [0.25, 0.3) is 0 Å². The van der Waals surface area contributed by atoms with Crippen molar-refractivity contribution in [1.29, 1.82) is 0 Å². The van der Waals surface area contributed by atoms with Crippen LogP contribution in [0.2, 0.25) is 0 Å². The number of hydrogen-bond acceptors (Lipinski definition) is 5. The lowest BCUT2D eigenvalue weighted by Crippen LogP contribution is -2.33. The maximum absolute atomic E-state index is 9.51. The van der Waals surface area contributed by atoms with E-state index in [9.17, 15) is 5.11 Å². The van der Waals surface area contributed by atoms with Crippen LogP contribution in [0.5, 0.6) is 23.0 Å². The molecule has 1 heterocycles. The lowest BCUT2D eigenvalue weighted by Gasteiger charge is -2.36. The van der Waals surface area contributed by atoms with E-state index in [2.05, 4.69) is 18.0 Å². The molecule has 1 N–H and O–H groups in total. The second kappa shape index (κ2) is 7.23. The molecular formula is C20H25NO4. The summed E-state index contributed by atoms with van der Waals surface area (Å²) in [5, 5.41) is 9.51. The first-order valence-corrected chi connectivity index (χ1v) is 8.39. The average molecular weight is 343 g/mol. The fourth-order valence-electron chi connectivity index (χ4n) is 3.59. The minimum Gasteiger partial charge on any atom is -0.508 e. The predicted molar refractivity (Wildman–Crippen MR) is 97.0 cm³/mol. The SMILES string of the molecule is COc1cc2c(c(OC)c1OC)CCN(C)[C@@H]2Cc1ccc(O)cc1. The third-order valence-electron chi connectivity index (χ3n) is 4.94. The third kappa shape index (κ3) is 3.24. The number of phenolic OH excluding ortho intramolecular Hbond substituents is 1. The Morgan fingerprint density at radius 1 is 1.04 bits per heavy atom. The van der Waals surface area contributed by atoms with Crippen LogP contribution in [0.4, 0.5) is 0 Å². The largest absolute Gasteiger partial charge is 0.508 e. The van der Waals surface area contributed by atoms with Gasteiger partial charge in [-0.15, -0.1) is 0 Å². The summed E-state index contributed by atoms with van der Waals surface area (Å²) in [7, 11) is 7.09. The van der Waals surface area contributed by atoms with E-state index in [0.29, 0.717) is 11.5 Å². The Kier molecular flexibility index (Phi) is 5.04. The fourth-order valence-corrected chi connectivity index (χ4v) is 3.59. The normalized spacial score (nSPS) is 17.0. The molecule has 0 aromatic heterocycles. The van der Waals surface area contributed by atoms with Gasteiger partial charge in [0.05, 0.1) is 21.3 Å². The van der Waals surface area contributed by atoms with Crippen molar-refractivity contribution in [3.63, 3.8) is 0 Å². The average Bonchev–Trinajstić information content (AvgIpc) is 2.63. The highest BCUT2D eigenvalue weighted by atomic mass is 16.5. The van der Waals surface area contributed by atoms with Crippen molar-refractivity contribution >= 4 is 0 Å². The van der Waals surface area contributed by atoms with Crippen LogP contribution >= 0.6 is 0 Å². The summed E-state index contributed by atoms with van der Waals surface area (Å²) in [6.45, 7) is 0.946. The molecule has 0 aliphatic carbocycles. The van der Waals surface area contributed by atoms with Gasteiger partial charge in [-0.2, -0.15) is 0 Å². The van der Waals surface area contributed by atoms with Gasteiger partial charge in [0.15, 0.2) is 11.5 Å². The molecule has 25 heavy (non-hydrogen) atoms. The minimum atomic E-state index is 0.210. The molecule has 5 heteroatoms. The number of hydrogen-bond donors (Lipinski definition) is 1. The molecule has 0 saturated heterocycles. The number of fused-ring (bicyclic) bond motifs is 1. The van der Waals surface area contributed by atoms with Crippen molar-refractivity contribution in [1.82, 2.24) is 4.90 Å². The molecule has 0 bridgehead atoms. The highest BCUT2D eigenvalue weighted by molar-refractivity contribution is 5.60. The quantitative estimate of drug-likeness (QED) is 0.904. The van der Waals surface area contributed by atoms with Crippen molar-refractivity contribution in [3.8, 4) is 23.0 Å². The van der Waals surface area contributed by atoms with Crippen molar-refractivity contribution in [2.24, 2.45) is 0 Å². The minimum absolute atomic E-state index is 0.210. The van der Waals surface area contributed by atoms with Gasteiger partial charge in [-0.25, -0.2) is 0 Å². The molecule has 3 rings (SSSR count). The molecule has 0 amide bonds. The number of phenols is 1. The third-order valence-corrected chi connectivity index (χ3v) is 4.94. The van der Waals surface area contributed by atoms with Crippen LogP contribution in [0.3, 0.4) is 0 Å². The molecule has 0 fully saturated rings. The molecule has 1 aliphatic rings. The number of methoxy groups -OCH3 is 3. The lowest BCUT2D eigenvalue weighted by molar-refractivity contribution is 0.223. The van der Waals surface area contributed by atoms with Gasteiger partial charge >= 0.3 is 0 Å². The molecule has 134 valence electrons. The number of aromatic hydroxyl groups is 1. The molecule has 1 atom stereocenters. The Balaban J connectivity index is 2.06. The molecule has 0 radical (unpaired) electrons. The predicted octanol–water partition coefficient (Wildman–Crippen LogP) is 3.19. The summed E-state index contributed by atoms with van der Waals surface area (Å²) < 4.78 is 16.7. The van der Waals surface area contributed by atoms with Gasteiger partial charge in [0, 0.05) is 18.2 Å². The van der Waals surface area contributed by atoms with Gasteiger partial charge in [0.1, 0.15) is 5.75 Å². The Hall–Kier alpha value is -2.40. The highest BCUT2D eigenvalue weighted by Crippen LogP contribution is 2.46. The molecule has 0 saturated carbocycles. The summed E-state index contributed by atoms with van der Waals surface area (Å²) in [4.78, 5) is 2.35. The van der Waals surface area contributed by atoms with E-state index in [1.807, 2.05) is 12.1 Å². The van der Waals surface area contributed by atoms with Gasteiger partial charge in [-0.3, -0.25) is 4.90 Å².